The second kappa shape index (κ2) is 11.6. The van der Waals surface area contributed by atoms with E-state index in [1.165, 1.54) is 22.3 Å². The fourth-order valence-corrected chi connectivity index (χ4v) is 6.49. The van der Waals surface area contributed by atoms with Crippen molar-refractivity contribution in [1.29, 1.82) is 0 Å². The van der Waals surface area contributed by atoms with E-state index >= 15 is 0 Å². The molecule has 7 aromatic carbocycles. The molecule has 8 rings (SSSR count). The number of nitrogens with zero attached hydrogens (tertiary/aromatic N) is 1. The van der Waals surface area contributed by atoms with E-state index in [4.69, 9.17) is 4.42 Å². The fraction of sp³-hybridized carbons (Fsp3) is 0. The Hall–Kier alpha value is -5.38. The number of para-hydroxylation sites is 2. The minimum absolute atomic E-state index is 0.891. The Balaban J connectivity index is 1.12. The third kappa shape index (κ3) is 5.32. The second-order valence-electron chi connectivity index (χ2n) is 11.2. The molecule has 2 nitrogen and oxygen atoms in total. The van der Waals surface area contributed by atoms with Crippen molar-refractivity contribution in [2.45, 2.75) is 0 Å². The molecule has 0 amide bonds. The number of rotatable bonds is 6. The summed E-state index contributed by atoms with van der Waals surface area (Å²) in [5, 5.41) is 2.24. The molecule has 0 atom stereocenters. The molecule has 0 aliphatic carbocycles. The second-order valence-corrected chi connectivity index (χ2v) is 12.1. The molecule has 0 bridgehead atoms. The molecule has 0 aliphatic heterocycles. The lowest BCUT2D eigenvalue weighted by Gasteiger charge is -2.25. The predicted molar refractivity (Wildman–Crippen MR) is 192 cm³/mol. The predicted octanol–water partition coefficient (Wildman–Crippen LogP) is 12.8. The number of hydrogen-bond donors (Lipinski definition) is 0. The van der Waals surface area contributed by atoms with E-state index in [9.17, 15) is 0 Å². The molecule has 0 N–H and O–H groups in total. The van der Waals surface area contributed by atoms with Crippen LogP contribution in [0.25, 0.3) is 55.3 Å². The Morgan fingerprint density at radius 1 is 0.356 bits per heavy atom. The van der Waals surface area contributed by atoms with Crippen molar-refractivity contribution >= 4 is 54.9 Å². The topological polar surface area (TPSA) is 16.4 Å². The molecule has 0 saturated carbocycles. The summed E-state index contributed by atoms with van der Waals surface area (Å²) in [5.41, 5.74) is 12.1. The van der Waals surface area contributed by atoms with Gasteiger partial charge in [0.25, 0.3) is 0 Å². The molecule has 0 radical (unpaired) electrons. The molecule has 214 valence electrons. The van der Waals surface area contributed by atoms with Gasteiger partial charge >= 0.3 is 0 Å². The lowest BCUT2D eigenvalue weighted by Crippen LogP contribution is -2.09. The van der Waals surface area contributed by atoms with Crippen molar-refractivity contribution in [3.63, 3.8) is 0 Å². The summed E-state index contributed by atoms with van der Waals surface area (Å²) < 4.78 is 7.45. The largest absolute Gasteiger partial charge is 0.456 e. The Bertz CT molecular complexity index is 2230. The summed E-state index contributed by atoms with van der Waals surface area (Å²) >= 11 is 3.60. The van der Waals surface area contributed by atoms with E-state index in [0.29, 0.717) is 0 Å². The summed E-state index contributed by atoms with van der Waals surface area (Å²) in [6.07, 6.45) is 0. The Labute approximate surface area is 271 Å². The van der Waals surface area contributed by atoms with Crippen LogP contribution in [-0.2, 0) is 0 Å². The van der Waals surface area contributed by atoms with Crippen molar-refractivity contribution < 1.29 is 4.42 Å². The normalized spacial score (nSPS) is 11.2. The van der Waals surface area contributed by atoms with Crippen molar-refractivity contribution in [3.8, 4) is 33.4 Å². The molecule has 0 aliphatic rings. The molecular weight excluding hydrogens is 614 g/mol. The van der Waals surface area contributed by atoms with Gasteiger partial charge in [-0.2, -0.15) is 0 Å². The summed E-state index contributed by atoms with van der Waals surface area (Å²) in [6.45, 7) is 0. The molecule has 1 aromatic heterocycles. The molecule has 0 fully saturated rings. The monoisotopic (exact) mass is 641 g/mol. The highest BCUT2D eigenvalue weighted by atomic mass is 79.9. The van der Waals surface area contributed by atoms with Crippen LogP contribution in [0.15, 0.2) is 179 Å². The first-order chi connectivity index (χ1) is 22.2. The average Bonchev–Trinajstić information content (AvgIpc) is 3.47. The number of hydrogen-bond acceptors (Lipinski definition) is 2. The van der Waals surface area contributed by atoms with Crippen molar-refractivity contribution in [2.24, 2.45) is 0 Å². The van der Waals surface area contributed by atoms with Crippen molar-refractivity contribution in [2.75, 3.05) is 4.90 Å². The van der Waals surface area contributed by atoms with Crippen LogP contribution in [0.5, 0.6) is 0 Å². The quantitative estimate of drug-likeness (QED) is 0.179. The third-order valence-electron chi connectivity index (χ3n) is 8.31. The first-order valence-electron chi connectivity index (χ1n) is 15.0. The van der Waals surface area contributed by atoms with E-state index in [1.54, 1.807) is 0 Å². The minimum atomic E-state index is 0.891. The summed E-state index contributed by atoms with van der Waals surface area (Å²) in [6, 6.07) is 59.9. The Morgan fingerprint density at radius 2 is 0.889 bits per heavy atom. The lowest BCUT2D eigenvalue weighted by molar-refractivity contribution is 0.669. The Kier molecular flexibility index (Phi) is 7.01. The van der Waals surface area contributed by atoms with Crippen LogP contribution in [0, 0.1) is 0 Å². The number of anilines is 3. The molecule has 1 heterocycles. The van der Waals surface area contributed by atoms with E-state index in [2.05, 4.69) is 179 Å². The smallest absolute Gasteiger partial charge is 0.136 e. The Morgan fingerprint density at radius 3 is 1.56 bits per heavy atom. The van der Waals surface area contributed by atoms with E-state index < -0.39 is 0 Å². The van der Waals surface area contributed by atoms with Gasteiger partial charge in [0, 0.05) is 32.3 Å². The zero-order valence-electron chi connectivity index (χ0n) is 24.4. The van der Waals surface area contributed by atoms with Gasteiger partial charge in [0.15, 0.2) is 0 Å². The average molecular weight is 643 g/mol. The zero-order chi connectivity index (χ0) is 30.2. The van der Waals surface area contributed by atoms with Crippen molar-refractivity contribution in [1.82, 2.24) is 0 Å². The maximum atomic E-state index is 6.38. The number of furan rings is 1. The highest BCUT2D eigenvalue weighted by Crippen LogP contribution is 2.38. The molecule has 45 heavy (non-hydrogen) atoms. The zero-order valence-corrected chi connectivity index (χ0v) is 26.0. The van der Waals surface area contributed by atoms with Gasteiger partial charge in [-0.1, -0.05) is 107 Å². The first-order valence-corrected chi connectivity index (χ1v) is 15.8. The van der Waals surface area contributed by atoms with Crippen molar-refractivity contribution in [3.05, 3.63) is 174 Å². The maximum absolute atomic E-state index is 6.38. The first kappa shape index (κ1) is 27.2. The van der Waals surface area contributed by atoms with Gasteiger partial charge in [0.05, 0.1) is 0 Å². The summed E-state index contributed by atoms with van der Waals surface area (Å²) in [7, 11) is 0. The number of benzene rings is 7. The minimum Gasteiger partial charge on any atom is -0.456 e. The van der Waals surface area contributed by atoms with Crippen LogP contribution >= 0.6 is 15.9 Å². The van der Waals surface area contributed by atoms with Crippen LogP contribution in [-0.4, -0.2) is 0 Å². The van der Waals surface area contributed by atoms with Gasteiger partial charge < -0.3 is 9.32 Å². The standard InChI is InChI=1S/C42H28BrNO/c43-35-12-8-11-32(26-35)30-9-7-10-31(25-30)33-20-24-41-40(27-33)39-23-19-34(28-42(39)45-41)29-17-21-38(22-18-29)44(36-13-3-1-4-14-36)37-15-5-2-6-16-37/h1-28H. The highest BCUT2D eigenvalue weighted by molar-refractivity contribution is 9.10. The molecule has 0 unspecified atom stereocenters. The highest BCUT2D eigenvalue weighted by Gasteiger charge is 2.14. The molecule has 3 heteroatoms. The van der Waals surface area contributed by atoms with E-state index in [0.717, 1.165) is 54.6 Å². The van der Waals surface area contributed by atoms with Crippen LogP contribution in [0.4, 0.5) is 17.1 Å². The van der Waals surface area contributed by atoms with Gasteiger partial charge in [-0.05, 0) is 112 Å². The van der Waals surface area contributed by atoms with Gasteiger partial charge in [-0.15, -0.1) is 0 Å². The summed E-state index contributed by atoms with van der Waals surface area (Å²) in [4.78, 5) is 2.28. The van der Waals surface area contributed by atoms with Crippen LogP contribution in [0.3, 0.4) is 0 Å². The third-order valence-corrected chi connectivity index (χ3v) is 8.81. The molecule has 0 saturated heterocycles. The van der Waals surface area contributed by atoms with Gasteiger partial charge in [0.1, 0.15) is 11.2 Å². The fourth-order valence-electron chi connectivity index (χ4n) is 6.09. The van der Waals surface area contributed by atoms with Crippen LogP contribution < -0.4 is 4.90 Å². The molecule has 0 spiro atoms. The number of halogens is 1. The van der Waals surface area contributed by atoms with Crippen LogP contribution in [0.2, 0.25) is 0 Å². The van der Waals surface area contributed by atoms with E-state index in [-0.39, 0.29) is 0 Å². The molecule has 8 aromatic rings. The molecular formula is C42H28BrNO. The SMILES string of the molecule is Brc1cccc(-c2cccc(-c3ccc4oc5cc(-c6ccc(N(c7ccccc7)c7ccccc7)cc6)ccc5c4c3)c2)c1. The summed E-state index contributed by atoms with van der Waals surface area (Å²) in [5.74, 6) is 0. The maximum Gasteiger partial charge on any atom is 0.136 e. The number of fused-ring (bicyclic) bond motifs is 3. The lowest BCUT2D eigenvalue weighted by atomic mass is 9.97. The van der Waals surface area contributed by atoms with E-state index in [1.807, 2.05) is 12.1 Å². The van der Waals surface area contributed by atoms with Crippen LogP contribution in [0.1, 0.15) is 0 Å². The van der Waals surface area contributed by atoms with Gasteiger partial charge in [0.2, 0.25) is 0 Å². The van der Waals surface area contributed by atoms with Gasteiger partial charge in [-0.25, -0.2) is 0 Å². The van der Waals surface area contributed by atoms with Gasteiger partial charge in [-0.3, -0.25) is 0 Å².